The molecule has 2 rings (SSSR count). The number of benzene rings is 2. The van der Waals surface area contributed by atoms with Gasteiger partial charge in [0.15, 0.2) is 5.75 Å². The predicted octanol–water partition coefficient (Wildman–Crippen LogP) is 6.34. The third-order valence-electron chi connectivity index (χ3n) is 4.70. The fourth-order valence-electron chi connectivity index (χ4n) is 3.11. The van der Waals surface area contributed by atoms with Gasteiger partial charge in [-0.1, -0.05) is 58.2 Å². The standard InChI is InChI=1S/C24H32N2O4S/c1-4-6-13-25-20-15-18(24(28)29)16-21(23(20)30-19-11-8-7-9-12-19)31-26-22(27)14-17(3)10-5-2/h7-9,11-12,15-17,25H,4-6,10,13-14H2,1-3H3,(H,26,27)(H,28,29). The van der Waals surface area contributed by atoms with E-state index in [0.29, 0.717) is 41.0 Å². The van der Waals surface area contributed by atoms with E-state index in [9.17, 15) is 14.7 Å². The van der Waals surface area contributed by atoms with Crippen molar-refractivity contribution in [2.24, 2.45) is 5.92 Å². The van der Waals surface area contributed by atoms with Crippen LogP contribution >= 0.6 is 11.9 Å². The number of para-hydroxylation sites is 1. The van der Waals surface area contributed by atoms with Crippen molar-refractivity contribution in [2.45, 2.75) is 57.8 Å². The molecule has 1 unspecified atom stereocenters. The highest BCUT2D eigenvalue weighted by Crippen LogP contribution is 2.39. The molecule has 1 atom stereocenters. The van der Waals surface area contributed by atoms with E-state index in [1.807, 2.05) is 30.3 Å². The van der Waals surface area contributed by atoms with Crippen molar-refractivity contribution in [3.05, 3.63) is 48.0 Å². The van der Waals surface area contributed by atoms with E-state index in [0.717, 1.165) is 37.6 Å². The molecule has 0 aliphatic rings. The maximum absolute atomic E-state index is 12.4. The highest BCUT2D eigenvalue weighted by molar-refractivity contribution is 7.98. The zero-order valence-corrected chi connectivity index (χ0v) is 19.3. The molecular weight excluding hydrogens is 412 g/mol. The maximum Gasteiger partial charge on any atom is 0.335 e. The SMILES string of the molecule is CCCCNc1cc(C(=O)O)cc(SNC(=O)CC(C)CCC)c1Oc1ccccc1. The number of carboxylic acid groups (broad SMARTS) is 1. The van der Waals surface area contributed by atoms with Crippen LogP contribution in [0.2, 0.25) is 0 Å². The minimum Gasteiger partial charge on any atom is -0.478 e. The van der Waals surface area contributed by atoms with Crippen LogP contribution in [-0.4, -0.2) is 23.5 Å². The van der Waals surface area contributed by atoms with E-state index in [1.54, 1.807) is 6.07 Å². The molecule has 0 saturated heterocycles. The Morgan fingerprint density at radius 3 is 2.52 bits per heavy atom. The second kappa shape index (κ2) is 12.9. The second-order valence-electron chi connectivity index (χ2n) is 7.58. The number of ether oxygens (including phenoxy) is 1. The van der Waals surface area contributed by atoms with Gasteiger partial charge in [0.1, 0.15) is 5.75 Å². The van der Waals surface area contributed by atoms with E-state index in [4.69, 9.17) is 4.74 Å². The van der Waals surface area contributed by atoms with Gasteiger partial charge in [-0.05, 0) is 48.6 Å². The van der Waals surface area contributed by atoms with E-state index >= 15 is 0 Å². The number of amides is 1. The monoisotopic (exact) mass is 444 g/mol. The van der Waals surface area contributed by atoms with Gasteiger partial charge in [0.05, 0.1) is 16.1 Å². The van der Waals surface area contributed by atoms with Crippen molar-refractivity contribution in [3.8, 4) is 11.5 Å². The Morgan fingerprint density at radius 2 is 1.87 bits per heavy atom. The summed E-state index contributed by atoms with van der Waals surface area (Å²) in [7, 11) is 0. The third kappa shape index (κ3) is 8.17. The quantitative estimate of drug-likeness (QED) is 0.247. The lowest BCUT2D eigenvalue weighted by molar-refractivity contribution is -0.120. The van der Waals surface area contributed by atoms with E-state index in [2.05, 4.69) is 30.8 Å². The Balaban J connectivity index is 2.32. The van der Waals surface area contributed by atoms with Gasteiger partial charge in [0.25, 0.3) is 0 Å². The van der Waals surface area contributed by atoms with Gasteiger partial charge in [-0.25, -0.2) is 4.79 Å². The average molecular weight is 445 g/mol. The van der Waals surface area contributed by atoms with Gasteiger partial charge in [0, 0.05) is 13.0 Å². The van der Waals surface area contributed by atoms with Crippen LogP contribution < -0.4 is 14.8 Å². The van der Waals surface area contributed by atoms with Gasteiger partial charge in [-0.15, -0.1) is 0 Å². The number of nitrogens with one attached hydrogen (secondary N) is 2. The Morgan fingerprint density at radius 1 is 1.13 bits per heavy atom. The van der Waals surface area contributed by atoms with Gasteiger partial charge in [-0.2, -0.15) is 0 Å². The molecule has 0 aromatic heterocycles. The van der Waals surface area contributed by atoms with Crippen molar-refractivity contribution in [3.63, 3.8) is 0 Å². The Bertz CT molecular complexity index is 858. The summed E-state index contributed by atoms with van der Waals surface area (Å²) < 4.78 is 8.98. The number of carboxylic acids is 1. The average Bonchev–Trinajstić information content (AvgIpc) is 2.74. The smallest absolute Gasteiger partial charge is 0.335 e. The molecule has 1 amide bonds. The highest BCUT2D eigenvalue weighted by Gasteiger charge is 2.19. The molecule has 2 aromatic rings. The topological polar surface area (TPSA) is 87.7 Å². The van der Waals surface area contributed by atoms with Crippen molar-refractivity contribution in [2.75, 3.05) is 11.9 Å². The van der Waals surface area contributed by atoms with Crippen LogP contribution in [0.4, 0.5) is 5.69 Å². The molecule has 0 aliphatic heterocycles. The van der Waals surface area contributed by atoms with Gasteiger partial charge >= 0.3 is 5.97 Å². The molecular formula is C24H32N2O4S. The molecule has 0 radical (unpaired) electrons. The zero-order valence-electron chi connectivity index (χ0n) is 18.4. The molecule has 31 heavy (non-hydrogen) atoms. The van der Waals surface area contributed by atoms with E-state index < -0.39 is 5.97 Å². The van der Waals surface area contributed by atoms with Crippen LogP contribution in [0.25, 0.3) is 0 Å². The lowest BCUT2D eigenvalue weighted by Crippen LogP contribution is -2.18. The minimum absolute atomic E-state index is 0.0853. The van der Waals surface area contributed by atoms with E-state index in [-0.39, 0.29) is 11.5 Å². The lowest BCUT2D eigenvalue weighted by Gasteiger charge is -2.18. The summed E-state index contributed by atoms with van der Waals surface area (Å²) in [6.07, 6.45) is 4.39. The Hall–Kier alpha value is -2.67. The van der Waals surface area contributed by atoms with Crippen molar-refractivity contribution in [1.82, 2.24) is 4.72 Å². The number of aromatic carboxylic acids is 1. The first-order valence-corrected chi connectivity index (χ1v) is 11.6. The first-order chi connectivity index (χ1) is 14.9. The highest BCUT2D eigenvalue weighted by atomic mass is 32.2. The molecule has 7 heteroatoms. The summed E-state index contributed by atoms with van der Waals surface area (Å²) in [6.45, 7) is 6.93. The number of hydrogen-bond acceptors (Lipinski definition) is 5. The van der Waals surface area contributed by atoms with Gasteiger partial charge in [-0.3, -0.25) is 9.52 Å². The largest absolute Gasteiger partial charge is 0.478 e. The Kier molecular flexibility index (Phi) is 10.2. The lowest BCUT2D eigenvalue weighted by atomic mass is 10.0. The molecule has 2 aromatic carbocycles. The third-order valence-corrected chi connectivity index (χ3v) is 5.55. The van der Waals surface area contributed by atoms with Crippen molar-refractivity contribution in [1.29, 1.82) is 0 Å². The first-order valence-electron chi connectivity index (χ1n) is 10.8. The zero-order chi connectivity index (χ0) is 22.6. The van der Waals surface area contributed by atoms with Gasteiger partial charge < -0.3 is 15.2 Å². The maximum atomic E-state index is 12.4. The minimum atomic E-state index is -1.03. The molecule has 3 N–H and O–H groups in total. The van der Waals surface area contributed by atoms with Crippen LogP contribution in [-0.2, 0) is 4.79 Å². The molecule has 168 valence electrons. The number of rotatable bonds is 13. The number of unbranched alkanes of at least 4 members (excludes halogenated alkanes) is 1. The molecule has 0 spiro atoms. The molecule has 0 fully saturated rings. The summed E-state index contributed by atoms with van der Waals surface area (Å²) in [5.41, 5.74) is 0.726. The summed E-state index contributed by atoms with van der Waals surface area (Å²) >= 11 is 1.09. The summed E-state index contributed by atoms with van der Waals surface area (Å²) in [5, 5.41) is 12.9. The van der Waals surface area contributed by atoms with Crippen LogP contribution in [0.1, 0.15) is 63.2 Å². The number of carbonyl (C=O) groups excluding carboxylic acids is 1. The first kappa shape index (κ1) is 24.6. The summed E-state index contributed by atoms with van der Waals surface area (Å²) in [6, 6.07) is 12.4. The summed E-state index contributed by atoms with van der Waals surface area (Å²) in [4.78, 5) is 24.6. The van der Waals surface area contributed by atoms with Gasteiger partial charge in [0.2, 0.25) is 5.91 Å². The second-order valence-corrected chi connectivity index (χ2v) is 8.43. The van der Waals surface area contributed by atoms with Crippen molar-refractivity contribution < 1.29 is 19.4 Å². The number of anilines is 1. The molecule has 6 nitrogen and oxygen atoms in total. The van der Waals surface area contributed by atoms with Crippen LogP contribution in [0, 0.1) is 5.92 Å². The fraction of sp³-hybridized carbons (Fsp3) is 0.417. The van der Waals surface area contributed by atoms with Crippen LogP contribution in [0.15, 0.2) is 47.4 Å². The van der Waals surface area contributed by atoms with Crippen LogP contribution in [0.5, 0.6) is 11.5 Å². The number of carbonyl (C=O) groups is 2. The van der Waals surface area contributed by atoms with E-state index in [1.165, 1.54) is 6.07 Å². The fourth-order valence-corrected chi connectivity index (χ4v) is 3.85. The molecule has 0 heterocycles. The molecule has 0 aliphatic carbocycles. The number of hydrogen-bond donors (Lipinski definition) is 3. The van der Waals surface area contributed by atoms with Crippen LogP contribution in [0.3, 0.4) is 0 Å². The Labute approximate surface area is 188 Å². The molecule has 0 saturated carbocycles. The normalized spacial score (nSPS) is 11.6. The predicted molar refractivity (Wildman–Crippen MR) is 126 cm³/mol. The van der Waals surface area contributed by atoms with Crippen molar-refractivity contribution >= 4 is 29.5 Å². The summed E-state index contributed by atoms with van der Waals surface area (Å²) in [5.74, 6) is 0.308. The molecule has 0 bridgehead atoms.